The van der Waals surface area contributed by atoms with Gasteiger partial charge < -0.3 is 22.0 Å². The zero-order chi connectivity index (χ0) is 40.6. The van der Waals surface area contributed by atoms with Crippen LogP contribution < -0.4 is 31.8 Å². The maximum absolute atomic E-state index is 10.7. The molecule has 0 unspecified atom stereocenters. The third-order valence-electron chi connectivity index (χ3n) is 7.67. The van der Waals surface area contributed by atoms with Crippen LogP contribution >= 0.6 is 15.8 Å². The van der Waals surface area contributed by atoms with Gasteiger partial charge in [0.2, 0.25) is 0 Å². The fourth-order valence-electron chi connectivity index (χ4n) is 5.26. The summed E-state index contributed by atoms with van der Waals surface area (Å²) in [7, 11) is -5.52. The molecule has 12 heteroatoms. The van der Waals surface area contributed by atoms with Crippen molar-refractivity contribution in [2.24, 2.45) is 0 Å². The van der Waals surface area contributed by atoms with Crippen molar-refractivity contribution in [1.29, 1.82) is 0 Å². The molecule has 60 heavy (non-hydrogen) atoms. The summed E-state index contributed by atoms with van der Waals surface area (Å²) in [6, 6.07) is 64.7. The van der Waals surface area contributed by atoms with Crippen molar-refractivity contribution >= 4 is 60.9 Å². The summed E-state index contributed by atoms with van der Waals surface area (Å²) in [6.45, 7) is 0. The Balaban J connectivity index is 0.000000409. The van der Waals surface area contributed by atoms with Crippen molar-refractivity contribution in [2.45, 2.75) is 0 Å². The van der Waals surface area contributed by atoms with Crippen LogP contribution in [0.25, 0.3) is 0 Å². The average molecular weight is 1250 g/mol. The molecule has 0 aromatic heterocycles. The summed E-state index contributed by atoms with van der Waals surface area (Å²) in [5, 5.41) is 8.39. The largest absolute Gasteiger partial charge is 0.673 e. The third kappa shape index (κ3) is 21.4. The summed E-state index contributed by atoms with van der Waals surface area (Å²) in [6.07, 6.45) is 17.5. The molecule has 0 spiro atoms. The first-order valence-electron chi connectivity index (χ1n) is 17.9. The van der Waals surface area contributed by atoms with Crippen LogP contribution in [0.1, 0.15) is 0 Å². The fraction of sp³-hybridized carbons (Fsp3) is 0.0208. The predicted molar refractivity (Wildman–Crippen MR) is 233 cm³/mol. The number of ether oxygens (including phenoxy) is 1. The normalized spacial score (nSPS) is 12.6. The van der Waals surface area contributed by atoms with E-state index in [2.05, 4.69) is 193 Å². The molecule has 2 fully saturated rings. The average Bonchev–Trinajstić information content (AvgIpc) is 4.03. The van der Waals surface area contributed by atoms with Gasteiger partial charge in [-0.25, -0.2) is 0 Å². The summed E-state index contributed by atoms with van der Waals surface area (Å²) in [4.78, 5) is 10.7. The number of methoxy groups -OCH3 is 1. The number of halogens is 4. The van der Waals surface area contributed by atoms with Crippen LogP contribution in [-0.2, 0) is 71.4 Å². The molecular formula is C48H41Au2BF4FeO2P2. The van der Waals surface area contributed by atoms with Gasteiger partial charge in [0.1, 0.15) is 0 Å². The molecule has 2 nitrogen and oxygen atoms in total. The first-order chi connectivity index (χ1) is 27.7. The Morgan fingerprint density at radius 1 is 0.450 bits per heavy atom. The van der Waals surface area contributed by atoms with E-state index in [1.54, 1.807) is 25.7 Å². The molecule has 8 rings (SSSR count). The molecule has 316 valence electrons. The van der Waals surface area contributed by atoms with Gasteiger partial charge in [0.25, 0.3) is 6.42 Å². The van der Waals surface area contributed by atoms with Crippen LogP contribution in [0.4, 0.5) is 17.3 Å². The number of hydrogen-bond donors (Lipinski definition) is 0. The van der Waals surface area contributed by atoms with E-state index in [9.17, 15) is 22.1 Å². The van der Waals surface area contributed by atoms with Gasteiger partial charge in [0.05, 0.1) is 13.0 Å². The molecule has 6 aromatic rings. The summed E-state index contributed by atoms with van der Waals surface area (Å²) >= 11 is 0. The molecule has 2 saturated carbocycles. The second-order valence-corrected chi connectivity index (χ2v) is 16.2. The number of rotatable bonds is 7. The minimum absolute atomic E-state index is 0. The van der Waals surface area contributed by atoms with E-state index in [4.69, 9.17) is 0 Å². The smallest absolute Gasteiger partial charge is 0.469 e. The molecule has 2 aliphatic rings. The molecule has 0 amide bonds. The van der Waals surface area contributed by atoms with Crippen LogP contribution in [0.5, 0.6) is 0 Å². The predicted octanol–water partition coefficient (Wildman–Crippen LogP) is 9.65. The summed E-state index contributed by atoms with van der Waals surface area (Å²) in [5.41, 5.74) is 0. The number of hydrogen-bond acceptors (Lipinski definition) is 2. The summed E-state index contributed by atoms with van der Waals surface area (Å²) in [5.74, 6) is 0.331. The first-order valence-corrected chi connectivity index (χ1v) is 20.6. The fourth-order valence-corrected chi connectivity index (χ4v) is 9.87. The number of carbonyl (C=O) groups excluding carboxylic acids is 1. The van der Waals surface area contributed by atoms with Gasteiger partial charge in [0, 0.05) is 74.7 Å². The second-order valence-electron chi connectivity index (χ2n) is 11.7. The Labute approximate surface area is 399 Å². The number of benzene rings is 6. The van der Waals surface area contributed by atoms with Gasteiger partial charge in [-0.1, -0.05) is 182 Å². The third-order valence-corrected chi connectivity index (χ3v) is 12.6. The van der Waals surface area contributed by atoms with Crippen molar-refractivity contribution in [2.75, 3.05) is 7.11 Å². The molecule has 0 aliphatic heterocycles. The van der Waals surface area contributed by atoms with Crippen molar-refractivity contribution < 1.29 is 88.6 Å². The molecule has 6 aromatic carbocycles. The number of carbonyl (C=O) groups is 1. The van der Waals surface area contributed by atoms with Crippen LogP contribution in [0, 0.1) is 63.7 Å². The molecular weight excluding hydrogens is 1210 g/mol. The van der Waals surface area contributed by atoms with Gasteiger partial charge in [-0.15, -0.1) is 0 Å². The van der Waals surface area contributed by atoms with Gasteiger partial charge in [-0.3, -0.25) is 4.79 Å². The van der Waals surface area contributed by atoms with E-state index in [0.717, 1.165) is 0 Å². The van der Waals surface area contributed by atoms with Crippen LogP contribution in [0.15, 0.2) is 182 Å². The molecule has 0 bridgehead atoms. The maximum atomic E-state index is 10.7. The molecule has 0 heterocycles. The quantitative estimate of drug-likeness (QED) is 0.0524. The van der Waals surface area contributed by atoms with E-state index in [-0.39, 0.29) is 67.8 Å². The first kappa shape index (κ1) is 55.3. The van der Waals surface area contributed by atoms with E-state index < -0.39 is 23.1 Å². The number of esters is 1. The van der Waals surface area contributed by atoms with Crippen molar-refractivity contribution in [3.05, 3.63) is 246 Å². The van der Waals surface area contributed by atoms with Gasteiger partial charge in [-0.2, -0.15) is 0 Å². The van der Waals surface area contributed by atoms with E-state index >= 15 is 0 Å². The molecule has 0 atom stereocenters. The Hall–Kier alpha value is -2.70. The van der Waals surface area contributed by atoms with Crippen LogP contribution in [0.2, 0.25) is 0 Å². The minimum Gasteiger partial charge on any atom is -0.469 e. The zero-order valence-corrected chi connectivity index (χ0v) is 39.4. The Bertz CT molecular complexity index is 1610. The standard InChI is InChI=1S/2C18H15P.C7H7O2.C5H4.2Au.BF4.Fe/c2*1-4-10-16(11-5-1)19(17-12-6-2-7-13-17)18-14-8-3-9-15-18;1-9-7(8)6-4-2-3-5-6;1-2-4-5-3-1;;;2-1(3,4)5;/h2*1-15H;2-5H,1H3;1-4H;;;;/q;;;+1;;;-1;. The monoisotopic (exact) mass is 1250 g/mol. The van der Waals surface area contributed by atoms with E-state index in [1.807, 2.05) is 25.7 Å². The Morgan fingerprint density at radius 3 is 0.833 bits per heavy atom. The van der Waals surface area contributed by atoms with Crippen molar-refractivity contribution in [1.82, 2.24) is 0 Å². The van der Waals surface area contributed by atoms with Crippen LogP contribution in [0.3, 0.4) is 0 Å². The van der Waals surface area contributed by atoms with Gasteiger partial charge in [-0.05, 0) is 73.4 Å². The zero-order valence-electron chi connectivity index (χ0n) is 32.2. The van der Waals surface area contributed by atoms with E-state index in [0.29, 0.717) is 5.92 Å². The maximum Gasteiger partial charge on any atom is 0.673 e. The van der Waals surface area contributed by atoms with Crippen molar-refractivity contribution in [3.63, 3.8) is 0 Å². The summed E-state index contributed by atoms with van der Waals surface area (Å²) < 4.78 is 43.5. The van der Waals surface area contributed by atoms with Crippen molar-refractivity contribution in [3.8, 4) is 0 Å². The SMILES string of the molecule is COC(=O)[C]1[CH][CH][CH][CH]1.F[B-](F)(F)F.[Au].[Au].[C+]1[CH][CH][CH][CH]1.[Fe].c1ccc(P(c2ccccc2)c2ccccc2)cc1.c1ccc(P(c2ccccc2)c2ccccc2)cc1. The molecule has 12 radical (unpaired) electrons. The molecule has 2 aliphatic carbocycles. The topological polar surface area (TPSA) is 26.3 Å². The molecule has 0 saturated heterocycles. The molecule has 0 N–H and O–H groups in total. The van der Waals surface area contributed by atoms with Gasteiger partial charge in [0.15, 0.2) is 12.8 Å². The van der Waals surface area contributed by atoms with E-state index in [1.165, 1.54) is 38.9 Å². The van der Waals surface area contributed by atoms with Gasteiger partial charge >= 0.3 is 13.2 Å². The minimum atomic E-state index is -6.00. The van der Waals surface area contributed by atoms with Crippen LogP contribution in [-0.4, -0.2) is 20.3 Å². The Morgan fingerprint density at radius 2 is 0.667 bits per heavy atom. The second kappa shape index (κ2) is 32.0. The Kier molecular flexibility index (Phi) is 29.5.